The predicted octanol–water partition coefficient (Wildman–Crippen LogP) is 2.96. The monoisotopic (exact) mass is 227 g/mol. The highest BCUT2D eigenvalue weighted by atomic mass is 16.6. The van der Waals surface area contributed by atoms with Crippen molar-refractivity contribution in [3.63, 3.8) is 0 Å². The highest BCUT2D eigenvalue weighted by molar-refractivity contribution is 5.81. The minimum Gasteiger partial charge on any atom is -0.443 e. The van der Waals surface area contributed by atoms with E-state index in [1.165, 1.54) is 6.08 Å². The van der Waals surface area contributed by atoms with Gasteiger partial charge in [0.1, 0.15) is 0 Å². The van der Waals surface area contributed by atoms with Crippen molar-refractivity contribution < 1.29 is 9.53 Å². The predicted molar refractivity (Wildman–Crippen MR) is 67.1 cm³/mol. The van der Waals surface area contributed by atoms with Crippen LogP contribution < -0.4 is 0 Å². The molecule has 3 heteroatoms. The van der Waals surface area contributed by atoms with E-state index in [0.717, 1.165) is 25.8 Å². The van der Waals surface area contributed by atoms with Crippen LogP contribution in [0, 0.1) is 0 Å². The van der Waals surface area contributed by atoms with Crippen LogP contribution in [0.4, 0.5) is 0 Å². The van der Waals surface area contributed by atoms with E-state index in [4.69, 9.17) is 4.74 Å². The summed E-state index contributed by atoms with van der Waals surface area (Å²) in [6.07, 6.45) is 4.26. The van der Waals surface area contributed by atoms with Gasteiger partial charge in [-0.05, 0) is 26.2 Å². The molecule has 94 valence electrons. The Kier molecular flexibility index (Phi) is 7.90. The molecule has 0 fully saturated rings. The molecular weight excluding hydrogens is 202 g/mol. The van der Waals surface area contributed by atoms with E-state index >= 15 is 0 Å². The standard InChI is InChI=1S/C13H25NO2/c1-6-10-14(12(7-2)8-3)11(5)16-13(15)9-4/h9,11-12H,4,6-8,10H2,1-3,5H3. The number of carbonyl (C=O) groups is 1. The summed E-state index contributed by atoms with van der Waals surface area (Å²) in [6, 6.07) is 0.479. The van der Waals surface area contributed by atoms with E-state index < -0.39 is 0 Å². The van der Waals surface area contributed by atoms with Gasteiger partial charge >= 0.3 is 5.97 Å². The van der Waals surface area contributed by atoms with Crippen LogP contribution in [0.15, 0.2) is 12.7 Å². The summed E-state index contributed by atoms with van der Waals surface area (Å²) in [5, 5.41) is 0. The van der Waals surface area contributed by atoms with Crippen LogP contribution in [-0.4, -0.2) is 29.7 Å². The Bertz CT molecular complexity index is 212. The van der Waals surface area contributed by atoms with Gasteiger partial charge in [-0.15, -0.1) is 0 Å². The van der Waals surface area contributed by atoms with Gasteiger partial charge in [-0.1, -0.05) is 27.4 Å². The van der Waals surface area contributed by atoms with Crippen LogP contribution in [0.1, 0.15) is 47.0 Å². The van der Waals surface area contributed by atoms with Crippen LogP contribution in [0.25, 0.3) is 0 Å². The molecule has 0 aliphatic rings. The summed E-state index contributed by atoms with van der Waals surface area (Å²) < 4.78 is 5.27. The highest BCUT2D eigenvalue weighted by Gasteiger charge is 2.22. The summed E-state index contributed by atoms with van der Waals surface area (Å²) in [5.74, 6) is -0.348. The number of ether oxygens (including phenoxy) is 1. The molecule has 0 aliphatic carbocycles. The van der Waals surface area contributed by atoms with E-state index in [2.05, 4.69) is 32.3 Å². The fourth-order valence-electron chi connectivity index (χ4n) is 1.96. The van der Waals surface area contributed by atoms with Gasteiger partial charge < -0.3 is 4.74 Å². The number of rotatable bonds is 8. The Hall–Kier alpha value is -0.830. The molecule has 0 aromatic rings. The van der Waals surface area contributed by atoms with Gasteiger partial charge in [-0.2, -0.15) is 0 Å². The first-order chi connectivity index (χ1) is 7.60. The Morgan fingerprint density at radius 1 is 1.38 bits per heavy atom. The number of carbonyl (C=O) groups excluding carboxylic acids is 1. The molecule has 0 aromatic carbocycles. The average Bonchev–Trinajstić information content (AvgIpc) is 2.29. The maximum absolute atomic E-state index is 11.2. The van der Waals surface area contributed by atoms with Crippen molar-refractivity contribution in [1.29, 1.82) is 0 Å². The molecule has 0 saturated heterocycles. The molecule has 0 N–H and O–H groups in total. The molecular formula is C13H25NO2. The molecule has 0 spiro atoms. The Labute approximate surface area is 99.5 Å². The topological polar surface area (TPSA) is 29.5 Å². The lowest BCUT2D eigenvalue weighted by atomic mass is 10.1. The molecule has 3 nitrogen and oxygen atoms in total. The van der Waals surface area contributed by atoms with Crippen LogP contribution >= 0.6 is 0 Å². The van der Waals surface area contributed by atoms with Gasteiger partial charge in [0.15, 0.2) is 6.23 Å². The summed E-state index contributed by atoms with van der Waals surface area (Å²) in [6.45, 7) is 12.8. The van der Waals surface area contributed by atoms with E-state index in [0.29, 0.717) is 6.04 Å². The van der Waals surface area contributed by atoms with Crippen molar-refractivity contribution in [2.75, 3.05) is 6.54 Å². The van der Waals surface area contributed by atoms with Crippen LogP contribution in [0.2, 0.25) is 0 Å². The first-order valence-corrected chi connectivity index (χ1v) is 6.19. The number of hydrogen-bond donors (Lipinski definition) is 0. The van der Waals surface area contributed by atoms with Crippen molar-refractivity contribution in [2.24, 2.45) is 0 Å². The molecule has 0 radical (unpaired) electrons. The van der Waals surface area contributed by atoms with Crippen molar-refractivity contribution >= 4 is 5.97 Å². The number of nitrogens with zero attached hydrogens (tertiary/aromatic N) is 1. The SMILES string of the molecule is C=CC(=O)OC(C)N(CCC)C(CC)CC. The second kappa shape index (κ2) is 8.34. The van der Waals surface area contributed by atoms with Crippen molar-refractivity contribution in [1.82, 2.24) is 4.90 Å². The Balaban J connectivity index is 4.48. The third-order valence-corrected chi connectivity index (χ3v) is 2.81. The van der Waals surface area contributed by atoms with Crippen LogP contribution in [0.3, 0.4) is 0 Å². The lowest BCUT2D eigenvalue weighted by Crippen LogP contribution is -2.43. The second-order valence-electron chi connectivity index (χ2n) is 3.95. The van der Waals surface area contributed by atoms with Gasteiger partial charge in [-0.25, -0.2) is 4.79 Å². The zero-order valence-corrected chi connectivity index (χ0v) is 11.0. The fourth-order valence-corrected chi connectivity index (χ4v) is 1.96. The zero-order chi connectivity index (χ0) is 12.6. The first-order valence-electron chi connectivity index (χ1n) is 6.19. The minimum absolute atomic E-state index is 0.171. The smallest absolute Gasteiger partial charge is 0.331 e. The van der Waals surface area contributed by atoms with Crippen molar-refractivity contribution in [3.05, 3.63) is 12.7 Å². The molecule has 0 rings (SSSR count). The van der Waals surface area contributed by atoms with E-state index in [1.54, 1.807) is 0 Å². The molecule has 0 amide bonds. The third-order valence-electron chi connectivity index (χ3n) is 2.81. The van der Waals surface area contributed by atoms with Crippen LogP contribution in [-0.2, 0) is 9.53 Å². The quantitative estimate of drug-likeness (QED) is 0.363. The highest BCUT2D eigenvalue weighted by Crippen LogP contribution is 2.14. The summed E-state index contributed by atoms with van der Waals surface area (Å²) >= 11 is 0. The average molecular weight is 227 g/mol. The molecule has 0 bridgehead atoms. The van der Waals surface area contributed by atoms with Crippen molar-refractivity contribution in [2.45, 2.75) is 59.2 Å². The number of esters is 1. The van der Waals surface area contributed by atoms with Gasteiger partial charge in [0, 0.05) is 18.7 Å². The normalized spacial score (nSPS) is 12.9. The lowest BCUT2D eigenvalue weighted by Gasteiger charge is -2.34. The first kappa shape index (κ1) is 15.2. The molecule has 0 saturated carbocycles. The Morgan fingerprint density at radius 2 is 1.94 bits per heavy atom. The molecule has 1 atom stereocenters. The van der Waals surface area contributed by atoms with Crippen LogP contribution in [0.5, 0.6) is 0 Å². The van der Waals surface area contributed by atoms with Crippen molar-refractivity contribution in [3.8, 4) is 0 Å². The molecule has 0 aromatic heterocycles. The molecule has 0 aliphatic heterocycles. The zero-order valence-electron chi connectivity index (χ0n) is 11.0. The molecule has 1 unspecified atom stereocenters. The summed E-state index contributed by atoms with van der Waals surface area (Å²) in [4.78, 5) is 13.4. The van der Waals surface area contributed by atoms with Gasteiger partial charge in [0.05, 0.1) is 0 Å². The summed E-state index contributed by atoms with van der Waals surface area (Å²) in [5.41, 5.74) is 0. The largest absolute Gasteiger partial charge is 0.443 e. The van der Waals surface area contributed by atoms with E-state index in [-0.39, 0.29) is 12.2 Å². The molecule has 0 heterocycles. The van der Waals surface area contributed by atoms with Gasteiger partial charge in [0.2, 0.25) is 0 Å². The van der Waals surface area contributed by atoms with Gasteiger partial charge in [-0.3, -0.25) is 4.90 Å². The fraction of sp³-hybridized carbons (Fsp3) is 0.769. The molecule has 16 heavy (non-hydrogen) atoms. The number of hydrogen-bond acceptors (Lipinski definition) is 3. The van der Waals surface area contributed by atoms with E-state index in [9.17, 15) is 4.79 Å². The third kappa shape index (κ3) is 4.79. The maximum atomic E-state index is 11.2. The van der Waals surface area contributed by atoms with Gasteiger partial charge in [0.25, 0.3) is 0 Å². The second-order valence-corrected chi connectivity index (χ2v) is 3.95. The summed E-state index contributed by atoms with van der Waals surface area (Å²) in [7, 11) is 0. The van der Waals surface area contributed by atoms with E-state index in [1.807, 2.05) is 6.92 Å². The minimum atomic E-state index is -0.348. The Morgan fingerprint density at radius 3 is 2.31 bits per heavy atom. The maximum Gasteiger partial charge on any atom is 0.331 e. The lowest BCUT2D eigenvalue weighted by molar-refractivity contribution is -0.153.